The Bertz CT molecular complexity index is 1270. The average Bonchev–Trinajstić information content (AvgIpc) is 2.82. The SMILES string of the molecule is COc1ccccc1-n1c(SCC(=O)OCc2ccccc2)nc2ccccc2c1=O. The zero-order valence-corrected chi connectivity index (χ0v) is 17.7. The normalized spacial score (nSPS) is 10.7. The number of hydrogen-bond donors (Lipinski definition) is 0. The minimum Gasteiger partial charge on any atom is -0.495 e. The molecule has 7 heteroatoms. The molecule has 0 aliphatic carbocycles. The van der Waals surface area contributed by atoms with Gasteiger partial charge in [-0.25, -0.2) is 4.98 Å². The number of benzene rings is 3. The Morgan fingerprint density at radius 3 is 2.48 bits per heavy atom. The van der Waals surface area contributed by atoms with E-state index in [1.807, 2.05) is 48.5 Å². The number of thioether (sulfide) groups is 1. The summed E-state index contributed by atoms with van der Waals surface area (Å²) in [7, 11) is 1.55. The van der Waals surface area contributed by atoms with E-state index >= 15 is 0 Å². The minimum atomic E-state index is -0.386. The lowest BCUT2D eigenvalue weighted by molar-refractivity contribution is -0.141. The number of fused-ring (bicyclic) bond motifs is 1. The Kier molecular flexibility index (Phi) is 6.33. The highest BCUT2D eigenvalue weighted by atomic mass is 32.2. The lowest BCUT2D eigenvalue weighted by Gasteiger charge is -2.15. The van der Waals surface area contributed by atoms with Crippen molar-refractivity contribution in [1.29, 1.82) is 0 Å². The number of ether oxygens (including phenoxy) is 2. The molecule has 31 heavy (non-hydrogen) atoms. The highest BCUT2D eigenvalue weighted by Crippen LogP contribution is 2.27. The maximum atomic E-state index is 13.3. The van der Waals surface area contributed by atoms with Crippen LogP contribution >= 0.6 is 11.8 Å². The predicted octanol–water partition coefficient (Wildman–Crippen LogP) is 4.23. The fraction of sp³-hybridized carbons (Fsp3) is 0.125. The molecule has 0 fully saturated rings. The minimum absolute atomic E-state index is 0.0206. The summed E-state index contributed by atoms with van der Waals surface area (Å²) in [4.78, 5) is 30.3. The smallest absolute Gasteiger partial charge is 0.316 e. The van der Waals surface area contributed by atoms with Crippen molar-refractivity contribution in [2.24, 2.45) is 0 Å². The van der Waals surface area contributed by atoms with Gasteiger partial charge >= 0.3 is 5.97 Å². The molecule has 0 saturated carbocycles. The van der Waals surface area contributed by atoms with Gasteiger partial charge in [0.2, 0.25) is 0 Å². The van der Waals surface area contributed by atoms with Crippen LogP contribution in [0.15, 0.2) is 88.8 Å². The fourth-order valence-electron chi connectivity index (χ4n) is 3.14. The van der Waals surface area contributed by atoms with Crippen LogP contribution in [0.3, 0.4) is 0 Å². The van der Waals surface area contributed by atoms with Crippen molar-refractivity contribution >= 4 is 28.6 Å². The van der Waals surface area contributed by atoms with Crippen LogP contribution in [0.25, 0.3) is 16.6 Å². The van der Waals surface area contributed by atoms with Crippen LogP contribution in [0.5, 0.6) is 5.75 Å². The first kappa shape index (κ1) is 20.7. The van der Waals surface area contributed by atoms with E-state index in [-0.39, 0.29) is 23.9 Å². The van der Waals surface area contributed by atoms with Gasteiger partial charge in [0.15, 0.2) is 5.16 Å². The van der Waals surface area contributed by atoms with Crippen LogP contribution in [-0.4, -0.2) is 28.4 Å². The van der Waals surface area contributed by atoms with E-state index in [9.17, 15) is 9.59 Å². The van der Waals surface area contributed by atoms with E-state index in [4.69, 9.17) is 9.47 Å². The van der Waals surface area contributed by atoms with Gasteiger partial charge in [-0.15, -0.1) is 0 Å². The maximum absolute atomic E-state index is 13.3. The van der Waals surface area contributed by atoms with Crippen molar-refractivity contribution in [3.63, 3.8) is 0 Å². The Morgan fingerprint density at radius 2 is 1.68 bits per heavy atom. The zero-order valence-electron chi connectivity index (χ0n) is 16.9. The number of aromatic nitrogens is 2. The number of hydrogen-bond acceptors (Lipinski definition) is 6. The molecule has 4 aromatic rings. The average molecular weight is 433 g/mol. The molecule has 156 valence electrons. The van der Waals surface area contributed by atoms with E-state index in [0.29, 0.717) is 27.5 Å². The quantitative estimate of drug-likeness (QED) is 0.247. The van der Waals surface area contributed by atoms with Crippen molar-refractivity contribution in [2.75, 3.05) is 12.9 Å². The summed E-state index contributed by atoms with van der Waals surface area (Å²) in [5, 5.41) is 0.884. The second-order valence-corrected chi connectivity index (χ2v) is 7.60. The molecular formula is C24H20N2O4S. The van der Waals surface area contributed by atoms with Crippen molar-refractivity contribution in [2.45, 2.75) is 11.8 Å². The van der Waals surface area contributed by atoms with Crippen LogP contribution in [0.2, 0.25) is 0 Å². The molecular weight excluding hydrogens is 412 g/mol. The summed E-state index contributed by atoms with van der Waals surface area (Å²) in [5.74, 6) is 0.172. The van der Waals surface area contributed by atoms with Crippen molar-refractivity contribution in [3.8, 4) is 11.4 Å². The topological polar surface area (TPSA) is 70.4 Å². The standard InChI is InChI=1S/C24H20N2O4S/c1-29-21-14-8-7-13-20(21)26-23(28)18-11-5-6-12-19(18)25-24(26)31-16-22(27)30-15-17-9-3-2-4-10-17/h2-14H,15-16H2,1H3. The molecule has 0 bridgehead atoms. The van der Waals surface area contributed by atoms with Gasteiger partial charge in [-0.3, -0.25) is 14.2 Å². The van der Waals surface area contributed by atoms with Gasteiger partial charge in [0.05, 0.1) is 29.5 Å². The zero-order chi connectivity index (χ0) is 21.6. The molecule has 0 spiro atoms. The largest absolute Gasteiger partial charge is 0.495 e. The third-order valence-electron chi connectivity index (χ3n) is 4.63. The van der Waals surface area contributed by atoms with Gasteiger partial charge in [0.25, 0.3) is 5.56 Å². The molecule has 3 aromatic carbocycles. The van der Waals surface area contributed by atoms with Crippen LogP contribution in [0.1, 0.15) is 5.56 Å². The third kappa shape index (κ3) is 4.62. The monoisotopic (exact) mass is 432 g/mol. The molecule has 0 atom stereocenters. The molecule has 0 aliphatic heterocycles. The van der Waals surface area contributed by atoms with E-state index in [0.717, 1.165) is 17.3 Å². The summed E-state index contributed by atoms with van der Waals surface area (Å²) in [6.07, 6.45) is 0. The van der Waals surface area contributed by atoms with E-state index in [1.54, 1.807) is 37.4 Å². The van der Waals surface area contributed by atoms with Crippen molar-refractivity contribution in [3.05, 3.63) is 94.8 Å². The van der Waals surface area contributed by atoms with E-state index in [1.165, 1.54) is 4.57 Å². The summed E-state index contributed by atoms with van der Waals surface area (Å²) < 4.78 is 12.3. The first-order valence-corrected chi connectivity index (χ1v) is 10.6. The number of carbonyl (C=O) groups is 1. The van der Waals surface area contributed by atoms with Crippen LogP contribution in [-0.2, 0) is 16.1 Å². The van der Waals surface area contributed by atoms with Crippen LogP contribution in [0.4, 0.5) is 0 Å². The molecule has 6 nitrogen and oxygen atoms in total. The Balaban J connectivity index is 1.65. The third-order valence-corrected chi connectivity index (χ3v) is 5.54. The maximum Gasteiger partial charge on any atom is 0.316 e. The summed E-state index contributed by atoms with van der Waals surface area (Å²) in [6, 6.07) is 23.8. The first-order valence-electron chi connectivity index (χ1n) is 9.65. The Morgan fingerprint density at radius 1 is 0.968 bits per heavy atom. The number of nitrogens with zero attached hydrogens (tertiary/aromatic N) is 2. The van der Waals surface area contributed by atoms with Gasteiger partial charge in [0.1, 0.15) is 12.4 Å². The molecule has 0 radical (unpaired) electrons. The Hall–Kier alpha value is -3.58. The van der Waals surface area contributed by atoms with Gasteiger partial charge in [-0.2, -0.15) is 0 Å². The number of rotatable bonds is 7. The lowest BCUT2D eigenvalue weighted by Crippen LogP contribution is -2.23. The fourth-order valence-corrected chi connectivity index (χ4v) is 3.94. The second-order valence-electron chi connectivity index (χ2n) is 6.66. The van der Waals surface area contributed by atoms with Gasteiger partial charge in [-0.1, -0.05) is 66.4 Å². The van der Waals surface area contributed by atoms with Gasteiger partial charge in [-0.05, 0) is 29.8 Å². The first-order chi connectivity index (χ1) is 15.2. The predicted molar refractivity (Wildman–Crippen MR) is 121 cm³/mol. The molecule has 0 aliphatic rings. The number of esters is 1. The van der Waals surface area contributed by atoms with Crippen LogP contribution in [0, 0.1) is 0 Å². The van der Waals surface area contributed by atoms with Gasteiger partial charge < -0.3 is 9.47 Å². The molecule has 1 aromatic heterocycles. The molecule has 0 unspecified atom stereocenters. The number of methoxy groups -OCH3 is 1. The van der Waals surface area contributed by atoms with E-state index < -0.39 is 0 Å². The Labute approximate surface area is 183 Å². The van der Waals surface area contributed by atoms with Gasteiger partial charge in [0, 0.05) is 0 Å². The lowest BCUT2D eigenvalue weighted by atomic mass is 10.2. The number of carbonyl (C=O) groups excluding carboxylic acids is 1. The summed E-state index contributed by atoms with van der Waals surface area (Å²) >= 11 is 1.16. The molecule has 0 N–H and O–H groups in total. The summed E-state index contributed by atoms with van der Waals surface area (Å²) in [5.41, 5.74) is 1.82. The van der Waals surface area contributed by atoms with Crippen molar-refractivity contribution in [1.82, 2.24) is 9.55 Å². The molecule has 0 amide bonds. The molecule has 4 rings (SSSR count). The highest BCUT2D eigenvalue weighted by molar-refractivity contribution is 7.99. The second kappa shape index (κ2) is 9.49. The van der Waals surface area contributed by atoms with E-state index in [2.05, 4.69) is 4.98 Å². The molecule has 0 saturated heterocycles. The van der Waals surface area contributed by atoms with Crippen LogP contribution < -0.4 is 10.3 Å². The summed E-state index contributed by atoms with van der Waals surface area (Å²) in [6.45, 7) is 0.199. The number of para-hydroxylation sites is 3. The van der Waals surface area contributed by atoms with Crippen molar-refractivity contribution < 1.29 is 14.3 Å². The molecule has 1 heterocycles. The highest BCUT2D eigenvalue weighted by Gasteiger charge is 2.17.